The highest BCUT2D eigenvalue weighted by atomic mass is 32.2. The average molecular weight is 407 g/mol. The minimum Gasteiger partial charge on any atom is -0.497 e. The van der Waals surface area contributed by atoms with Crippen molar-refractivity contribution in [1.29, 1.82) is 0 Å². The molecular formula is C21H30N2O4S. The summed E-state index contributed by atoms with van der Waals surface area (Å²) in [5, 5.41) is 3.11. The van der Waals surface area contributed by atoms with Crippen molar-refractivity contribution in [1.82, 2.24) is 9.62 Å². The van der Waals surface area contributed by atoms with E-state index in [2.05, 4.69) is 5.32 Å². The second-order valence-electron chi connectivity index (χ2n) is 8.62. The van der Waals surface area contributed by atoms with Crippen molar-refractivity contribution in [3.63, 3.8) is 0 Å². The molecule has 1 atom stereocenters. The van der Waals surface area contributed by atoms with Crippen LogP contribution in [0.4, 0.5) is 0 Å². The Morgan fingerprint density at radius 2 is 2.00 bits per heavy atom. The molecule has 4 rings (SSSR count). The summed E-state index contributed by atoms with van der Waals surface area (Å²) in [4.78, 5) is 12.4. The molecule has 3 aliphatic rings. The molecule has 0 radical (unpaired) electrons. The van der Waals surface area contributed by atoms with Gasteiger partial charge in [-0.25, -0.2) is 8.42 Å². The van der Waals surface area contributed by atoms with Gasteiger partial charge in [0.05, 0.1) is 12.0 Å². The lowest BCUT2D eigenvalue weighted by Crippen LogP contribution is -2.40. The first kappa shape index (κ1) is 19.7. The fraction of sp³-hybridized carbons (Fsp3) is 0.667. The van der Waals surface area contributed by atoms with E-state index in [9.17, 15) is 13.2 Å². The summed E-state index contributed by atoms with van der Waals surface area (Å²) < 4.78 is 33.5. The van der Waals surface area contributed by atoms with Crippen LogP contribution in [-0.2, 0) is 14.8 Å². The SMILES string of the molecule is COc1cccc(S(=O)(=O)N2CC(CNC(=O)C3CC3)C3(CCCCC3)C2)c1. The predicted octanol–water partition coefficient (Wildman–Crippen LogP) is 2.79. The van der Waals surface area contributed by atoms with E-state index in [1.807, 2.05) is 0 Å². The second-order valence-corrected chi connectivity index (χ2v) is 10.6. The third-order valence-corrected chi connectivity index (χ3v) is 8.59. The van der Waals surface area contributed by atoms with Gasteiger partial charge >= 0.3 is 0 Å². The molecule has 1 saturated heterocycles. The van der Waals surface area contributed by atoms with E-state index in [1.54, 1.807) is 28.6 Å². The molecule has 1 aliphatic heterocycles. The summed E-state index contributed by atoms with van der Waals surface area (Å²) in [6.45, 7) is 1.61. The molecule has 2 saturated carbocycles. The van der Waals surface area contributed by atoms with Crippen molar-refractivity contribution in [2.75, 3.05) is 26.7 Å². The number of sulfonamides is 1. The summed E-state index contributed by atoms with van der Waals surface area (Å²) in [5.41, 5.74) is -0.0129. The first-order valence-electron chi connectivity index (χ1n) is 10.4. The van der Waals surface area contributed by atoms with Crippen molar-refractivity contribution in [3.8, 4) is 5.75 Å². The first-order chi connectivity index (χ1) is 13.4. The van der Waals surface area contributed by atoms with Gasteiger partial charge in [-0.15, -0.1) is 0 Å². The standard InChI is InChI=1S/C21H30N2O4S/c1-27-18-6-5-7-19(12-18)28(25,26)23-14-17(13-22-20(24)16-8-9-16)21(15-23)10-3-2-4-11-21/h5-7,12,16-17H,2-4,8-11,13-15H2,1H3,(H,22,24). The van der Waals surface area contributed by atoms with Gasteiger partial charge in [-0.2, -0.15) is 4.31 Å². The summed E-state index contributed by atoms with van der Waals surface area (Å²) in [7, 11) is -2.04. The second kappa shape index (κ2) is 7.67. The topological polar surface area (TPSA) is 75.7 Å². The number of carbonyl (C=O) groups excluding carboxylic acids is 1. The molecule has 3 fully saturated rings. The van der Waals surface area contributed by atoms with Crippen LogP contribution in [0.1, 0.15) is 44.9 Å². The number of carbonyl (C=O) groups is 1. The zero-order chi connectivity index (χ0) is 19.8. The van der Waals surface area contributed by atoms with E-state index in [1.165, 1.54) is 13.5 Å². The molecule has 1 amide bonds. The summed E-state index contributed by atoms with van der Waals surface area (Å²) in [6, 6.07) is 6.69. The summed E-state index contributed by atoms with van der Waals surface area (Å²) >= 11 is 0. The van der Waals surface area contributed by atoms with Crippen LogP contribution in [0, 0.1) is 17.3 Å². The molecule has 6 nitrogen and oxygen atoms in total. The molecule has 1 aromatic rings. The average Bonchev–Trinajstić information content (AvgIpc) is 3.51. The van der Waals surface area contributed by atoms with Gasteiger partial charge in [-0.1, -0.05) is 25.3 Å². The highest BCUT2D eigenvalue weighted by Gasteiger charge is 2.50. The van der Waals surface area contributed by atoms with Crippen LogP contribution in [0.25, 0.3) is 0 Å². The minimum absolute atomic E-state index is 0.0129. The van der Waals surface area contributed by atoms with Gasteiger partial charge in [0.15, 0.2) is 0 Å². The number of nitrogens with zero attached hydrogens (tertiary/aromatic N) is 1. The zero-order valence-corrected chi connectivity index (χ0v) is 17.3. The molecule has 1 N–H and O–H groups in total. The summed E-state index contributed by atoms with van der Waals surface area (Å²) in [5.74, 6) is 1.04. The van der Waals surface area contributed by atoms with Gasteiger partial charge in [0.1, 0.15) is 5.75 Å². The Bertz CT molecular complexity index is 829. The monoisotopic (exact) mass is 406 g/mol. The van der Waals surface area contributed by atoms with Crippen molar-refractivity contribution in [3.05, 3.63) is 24.3 Å². The Hall–Kier alpha value is -1.60. The van der Waals surface area contributed by atoms with Crippen LogP contribution in [0.15, 0.2) is 29.2 Å². The van der Waals surface area contributed by atoms with Crippen molar-refractivity contribution < 1.29 is 17.9 Å². The normalized spacial score (nSPS) is 25.0. The van der Waals surface area contributed by atoms with Gasteiger partial charge in [0.2, 0.25) is 15.9 Å². The molecule has 28 heavy (non-hydrogen) atoms. The number of hydrogen-bond acceptors (Lipinski definition) is 4. The molecule has 7 heteroatoms. The molecule has 1 heterocycles. The maximum atomic E-state index is 13.3. The molecule has 154 valence electrons. The van der Waals surface area contributed by atoms with Crippen molar-refractivity contribution in [2.24, 2.45) is 17.3 Å². The van der Waals surface area contributed by atoms with E-state index in [0.717, 1.165) is 38.5 Å². The van der Waals surface area contributed by atoms with Crippen LogP contribution in [0.5, 0.6) is 5.75 Å². The number of ether oxygens (including phenoxy) is 1. The minimum atomic E-state index is -3.58. The highest BCUT2D eigenvalue weighted by Crippen LogP contribution is 2.48. The summed E-state index contributed by atoms with van der Waals surface area (Å²) in [6.07, 6.45) is 7.55. The lowest BCUT2D eigenvalue weighted by molar-refractivity contribution is -0.122. The molecular weight excluding hydrogens is 376 g/mol. The maximum Gasteiger partial charge on any atom is 0.243 e. The number of methoxy groups -OCH3 is 1. The van der Waals surface area contributed by atoms with Crippen molar-refractivity contribution >= 4 is 15.9 Å². The van der Waals surface area contributed by atoms with E-state index in [0.29, 0.717) is 25.4 Å². The number of rotatable bonds is 6. The smallest absolute Gasteiger partial charge is 0.243 e. The molecule has 2 aliphatic carbocycles. The first-order valence-corrected chi connectivity index (χ1v) is 11.8. The Balaban J connectivity index is 1.55. The maximum absolute atomic E-state index is 13.3. The number of benzene rings is 1. The van der Waals surface area contributed by atoms with Gasteiger partial charge < -0.3 is 10.1 Å². The van der Waals surface area contributed by atoms with E-state index in [-0.39, 0.29) is 28.1 Å². The number of hydrogen-bond donors (Lipinski definition) is 1. The van der Waals surface area contributed by atoms with Crippen LogP contribution in [0.2, 0.25) is 0 Å². The Morgan fingerprint density at radius 1 is 1.25 bits per heavy atom. The predicted molar refractivity (Wildman–Crippen MR) is 106 cm³/mol. The molecule has 0 bridgehead atoms. The number of nitrogens with one attached hydrogen (secondary N) is 1. The van der Waals surface area contributed by atoms with Gasteiger partial charge in [-0.3, -0.25) is 4.79 Å². The lowest BCUT2D eigenvalue weighted by Gasteiger charge is -2.38. The molecule has 0 aromatic heterocycles. The third-order valence-electron chi connectivity index (χ3n) is 6.78. The number of amides is 1. The highest BCUT2D eigenvalue weighted by molar-refractivity contribution is 7.89. The van der Waals surface area contributed by atoms with Crippen LogP contribution in [0.3, 0.4) is 0 Å². The lowest BCUT2D eigenvalue weighted by atomic mass is 9.68. The van der Waals surface area contributed by atoms with E-state index < -0.39 is 10.0 Å². The quantitative estimate of drug-likeness (QED) is 0.788. The van der Waals surface area contributed by atoms with Crippen LogP contribution in [-0.4, -0.2) is 45.4 Å². The van der Waals surface area contributed by atoms with Gasteiger partial charge in [0, 0.05) is 31.6 Å². The fourth-order valence-corrected chi connectivity index (χ4v) is 6.51. The van der Waals surface area contributed by atoms with E-state index >= 15 is 0 Å². The molecule has 1 unspecified atom stereocenters. The van der Waals surface area contributed by atoms with Crippen LogP contribution < -0.4 is 10.1 Å². The Labute approximate surface area is 167 Å². The fourth-order valence-electron chi connectivity index (χ4n) is 4.90. The molecule has 1 aromatic carbocycles. The van der Waals surface area contributed by atoms with Gasteiger partial charge in [0.25, 0.3) is 0 Å². The third kappa shape index (κ3) is 3.79. The molecule has 1 spiro atoms. The van der Waals surface area contributed by atoms with Gasteiger partial charge in [-0.05, 0) is 49.1 Å². The largest absolute Gasteiger partial charge is 0.497 e. The van der Waals surface area contributed by atoms with E-state index in [4.69, 9.17) is 4.74 Å². The zero-order valence-electron chi connectivity index (χ0n) is 16.5. The Morgan fingerprint density at radius 3 is 2.68 bits per heavy atom. The van der Waals surface area contributed by atoms with Crippen LogP contribution >= 0.6 is 0 Å². The Kier molecular flexibility index (Phi) is 5.40. The van der Waals surface area contributed by atoms with Crippen molar-refractivity contribution in [2.45, 2.75) is 49.8 Å².